The molecule has 2 bridgehead atoms. The molecule has 190 valence electrons. The number of nitrogens with zero attached hydrogens (tertiary/aromatic N) is 1. The maximum atomic E-state index is 13.9. The number of alkyl halides is 1. The van der Waals surface area contributed by atoms with Gasteiger partial charge in [0.2, 0.25) is 17.7 Å². The van der Waals surface area contributed by atoms with E-state index in [4.69, 9.17) is 0 Å². The highest BCUT2D eigenvalue weighted by atomic mass is 79.9. The Balaban J connectivity index is 1.50. The van der Waals surface area contributed by atoms with Crippen molar-refractivity contribution in [3.05, 3.63) is 59.7 Å². The largest absolute Gasteiger partial charge is 0.396 e. The second-order valence-corrected chi connectivity index (χ2v) is 12.7. The number of rotatable bonds is 7. The average Bonchev–Trinajstić information content (AvgIpc) is 3.44. The van der Waals surface area contributed by atoms with E-state index in [-0.39, 0.29) is 41.0 Å². The zero-order chi connectivity index (χ0) is 25.6. The number of likely N-dealkylation sites (tertiary alicyclic amines) is 1. The highest BCUT2D eigenvalue weighted by Gasteiger charge is 2.75. The van der Waals surface area contributed by atoms with E-state index < -0.39 is 22.6 Å². The molecule has 3 heterocycles. The predicted molar refractivity (Wildman–Crippen MR) is 145 cm³/mol. The number of nitrogens with one attached hydrogen (secondary N) is 2. The molecule has 2 aromatic carbocycles. The maximum absolute atomic E-state index is 13.9. The number of benzene rings is 2. The Morgan fingerprint density at radius 2 is 1.89 bits per heavy atom. The molecule has 0 aromatic heterocycles. The summed E-state index contributed by atoms with van der Waals surface area (Å²) >= 11 is 5.38. The number of aliphatic hydroxyl groups is 1. The Hall–Kier alpha value is -2.36. The lowest BCUT2D eigenvalue weighted by molar-refractivity contribution is -0.138. The number of halogens is 1. The van der Waals surface area contributed by atoms with Gasteiger partial charge in [0.25, 0.3) is 0 Å². The molecular weight excluding hydrogens is 542 g/mol. The highest BCUT2D eigenvalue weighted by Crippen LogP contribution is 2.67. The van der Waals surface area contributed by atoms with Gasteiger partial charge in [-0.15, -0.1) is 11.8 Å². The Morgan fingerprint density at radius 3 is 2.61 bits per heavy atom. The minimum Gasteiger partial charge on any atom is -0.396 e. The number of aryl methyl sites for hydroxylation is 2. The first kappa shape index (κ1) is 25.3. The summed E-state index contributed by atoms with van der Waals surface area (Å²) in [6.45, 7) is 4.09. The number of aliphatic hydroxyl groups excluding tert-OH is 1. The van der Waals surface area contributed by atoms with Crippen LogP contribution >= 0.6 is 27.7 Å². The number of thioether (sulfide) groups is 1. The molecule has 6 atom stereocenters. The van der Waals surface area contributed by atoms with Crippen LogP contribution in [-0.4, -0.2) is 61.7 Å². The summed E-state index contributed by atoms with van der Waals surface area (Å²) < 4.78 is -0.716. The van der Waals surface area contributed by atoms with Crippen LogP contribution in [0.1, 0.15) is 24.0 Å². The molecule has 0 saturated carbocycles. The molecule has 3 amide bonds. The molecule has 36 heavy (non-hydrogen) atoms. The van der Waals surface area contributed by atoms with Crippen LogP contribution in [-0.2, 0) is 14.4 Å². The summed E-state index contributed by atoms with van der Waals surface area (Å²) in [4.78, 5) is 43.0. The number of amides is 3. The molecule has 5 rings (SSSR count). The third-order valence-electron chi connectivity index (χ3n) is 7.59. The van der Waals surface area contributed by atoms with Crippen molar-refractivity contribution >= 4 is 56.8 Å². The van der Waals surface area contributed by atoms with E-state index in [1.807, 2.05) is 62.4 Å². The zero-order valence-electron chi connectivity index (χ0n) is 20.2. The maximum Gasteiger partial charge on any atom is 0.248 e. The van der Waals surface area contributed by atoms with Crippen LogP contribution in [0, 0.1) is 25.7 Å². The van der Waals surface area contributed by atoms with Crippen molar-refractivity contribution in [2.75, 3.05) is 23.8 Å². The third kappa shape index (κ3) is 4.15. The fourth-order valence-electron chi connectivity index (χ4n) is 6.03. The normalized spacial score (nSPS) is 30.4. The number of anilines is 2. The lowest BCUT2D eigenvalue weighted by atomic mass is 9.70. The summed E-state index contributed by atoms with van der Waals surface area (Å²) in [5, 5.41) is 15.5. The van der Waals surface area contributed by atoms with Gasteiger partial charge in [0.05, 0.1) is 16.6 Å². The SMILES string of the molecule is Cc1ccc(C)c(NC(=O)C2N(CCCO)C(=O)[C@@H]3[C@H](C(=O)Nc4ccccc4)[C@H]4SC23CC4Br)c1. The van der Waals surface area contributed by atoms with Crippen molar-refractivity contribution in [2.24, 2.45) is 11.8 Å². The summed E-state index contributed by atoms with van der Waals surface area (Å²) in [7, 11) is 0. The van der Waals surface area contributed by atoms with Gasteiger partial charge >= 0.3 is 0 Å². The number of hydrogen-bond donors (Lipinski definition) is 3. The lowest BCUT2D eigenvalue weighted by Gasteiger charge is -2.35. The predicted octanol–water partition coefficient (Wildman–Crippen LogP) is 3.73. The number of hydrogen-bond acceptors (Lipinski definition) is 5. The van der Waals surface area contributed by atoms with Crippen LogP contribution in [0.2, 0.25) is 0 Å². The molecule has 7 nitrogen and oxygen atoms in total. The number of fused-ring (bicyclic) bond motifs is 1. The van der Waals surface area contributed by atoms with Gasteiger partial charge in [-0.05, 0) is 56.0 Å². The molecule has 1 spiro atoms. The van der Waals surface area contributed by atoms with Crippen LogP contribution < -0.4 is 10.6 Å². The van der Waals surface area contributed by atoms with E-state index in [2.05, 4.69) is 26.6 Å². The number of carbonyl (C=O) groups excluding carboxylic acids is 3. The Morgan fingerprint density at radius 1 is 1.14 bits per heavy atom. The first-order chi connectivity index (χ1) is 17.3. The van der Waals surface area contributed by atoms with Gasteiger partial charge in [0.15, 0.2) is 0 Å². The molecule has 3 unspecified atom stereocenters. The second kappa shape index (κ2) is 9.84. The molecule has 3 saturated heterocycles. The summed E-state index contributed by atoms with van der Waals surface area (Å²) in [6, 6.07) is 14.4. The van der Waals surface area contributed by atoms with Gasteiger partial charge in [0, 0.05) is 34.6 Å². The van der Waals surface area contributed by atoms with E-state index in [9.17, 15) is 19.5 Å². The van der Waals surface area contributed by atoms with E-state index in [0.29, 0.717) is 18.5 Å². The quantitative estimate of drug-likeness (QED) is 0.440. The zero-order valence-corrected chi connectivity index (χ0v) is 22.6. The van der Waals surface area contributed by atoms with Gasteiger partial charge in [-0.1, -0.05) is 46.3 Å². The van der Waals surface area contributed by atoms with Crippen molar-refractivity contribution in [2.45, 2.75) is 47.6 Å². The molecule has 3 aliphatic heterocycles. The van der Waals surface area contributed by atoms with Crippen molar-refractivity contribution in [1.82, 2.24) is 4.90 Å². The monoisotopic (exact) mass is 571 g/mol. The first-order valence-corrected chi connectivity index (χ1v) is 14.0. The van der Waals surface area contributed by atoms with Crippen LogP contribution in [0.4, 0.5) is 11.4 Å². The summed E-state index contributed by atoms with van der Waals surface area (Å²) in [5.41, 5.74) is 3.37. The van der Waals surface area contributed by atoms with E-state index in [1.165, 1.54) is 0 Å². The molecule has 0 radical (unpaired) electrons. The van der Waals surface area contributed by atoms with Gasteiger partial charge < -0.3 is 20.6 Å². The van der Waals surface area contributed by atoms with Gasteiger partial charge in [0.1, 0.15) is 6.04 Å². The fourth-order valence-corrected chi connectivity index (χ4v) is 9.64. The number of para-hydroxylation sites is 1. The van der Waals surface area contributed by atoms with Crippen LogP contribution in [0.15, 0.2) is 48.5 Å². The third-order valence-corrected chi connectivity index (χ3v) is 10.8. The number of carbonyl (C=O) groups is 3. The minimum atomic E-state index is -0.731. The van der Waals surface area contributed by atoms with Gasteiger partial charge in [-0.3, -0.25) is 14.4 Å². The molecule has 3 N–H and O–H groups in total. The molecular formula is C27H30BrN3O4S. The van der Waals surface area contributed by atoms with E-state index in [0.717, 1.165) is 16.8 Å². The van der Waals surface area contributed by atoms with E-state index in [1.54, 1.807) is 16.7 Å². The van der Waals surface area contributed by atoms with Crippen molar-refractivity contribution in [3.8, 4) is 0 Å². The molecule has 3 aliphatic rings. The second-order valence-electron chi connectivity index (χ2n) is 9.94. The van der Waals surface area contributed by atoms with Crippen molar-refractivity contribution in [3.63, 3.8) is 0 Å². The van der Waals surface area contributed by atoms with E-state index >= 15 is 0 Å². The summed E-state index contributed by atoms with van der Waals surface area (Å²) in [6.07, 6.45) is 0.989. The lowest BCUT2D eigenvalue weighted by Crippen LogP contribution is -2.53. The van der Waals surface area contributed by atoms with Crippen LogP contribution in [0.3, 0.4) is 0 Å². The highest BCUT2D eigenvalue weighted by molar-refractivity contribution is 9.09. The Kier molecular flexibility index (Phi) is 6.91. The van der Waals surface area contributed by atoms with Crippen molar-refractivity contribution in [1.29, 1.82) is 0 Å². The minimum absolute atomic E-state index is 0.00636. The summed E-state index contributed by atoms with van der Waals surface area (Å²) in [5.74, 6) is -1.77. The molecule has 3 fully saturated rings. The van der Waals surface area contributed by atoms with Crippen LogP contribution in [0.25, 0.3) is 0 Å². The fraction of sp³-hybridized carbons (Fsp3) is 0.444. The average molecular weight is 573 g/mol. The van der Waals surface area contributed by atoms with Gasteiger partial charge in [-0.2, -0.15) is 0 Å². The molecule has 0 aliphatic carbocycles. The smallest absolute Gasteiger partial charge is 0.248 e. The Labute approximate surface area is 223 Å². The Bertz CT molecular complexity index is 1190. The van der Waals surface area contributed by atoms with Crippen molar-refractivity contribution < 1.29 is 19.5 Å². The van der Waals surface area contributed by atoms with Crippen LogP contribution in [0.5, 0.6) is 0 Å². The topological polar surface area (TPSA) is 98.7 Å². The van der Waals surface area contributed by atoms with Gasteiger partial charge in [-0.25, -0.2) is 0 Å². The first-order valence-electron chi connectivity index (χ1n) is 12.2. The standard InChI is InChI=1S/C27H30BrN3O4S/c1-15-9-10-16(2)19(13-15)30-25(34)23-27-14-18(28)22(36-27)20(21(27)26(35)31(23)11-6-12-32)24(33)29-17-7-4-3-5-8-17/h3-5,7-10,13,18,20-23,32H,6,11-12,14H2,1-2H3,(H,29,33)(H,30,34)/t18?,20-,21-,22-,23?,27?/m0/s1. The molecule has 2 aromatic rings. The molecule has 9 heteroatoms.